The van der Waals surface area contributed by atoms with Crippen molar-refractivity contribution in [2.45, 2.75) is 0 Å². The molecule has 1 aliphatic carbocycles. The second-order valence-electron chi connectivity index (χ2n) is 4.55. The number of benzene rings is 2. The van der Waals surface area contributed by atoms with Gasteiger partial charge >= 0.3 is 0 Å². The van der Waals surface area contributed by atoms with Gasteiger partial charge in [0.15, 0.2) is 5.78 Å². The summed E-state index contributed by atoms with van der Waals surface area (Å²) in [7, 11) is 0. The Kier molecular flexibility index (Phi) is 2.06. The van der Waals surface area contributed by atoms with E-state index in [1.54, 1.807) is 0 Å². The summed E-state index contributed by atoms with van der Waals surface area (Å²) in [6.45, 7) is 0. The molecule has 0 radical (unpaired) electrons. The van der Waals surface area contributed by atoms with Crippen molar-refractivity contribution < 1.29 is 4.79 Å². The SMILES string of the molecule is O=C1c2ccccc2-c2nc(Cl)c3ccccc3c21. The molecule has 0 fully saturated rings. The van der Waals surface area contributed by atoms with Crippen molar-refractivity contribution in [1.82, 2.24) is 4.98 Å². The normalized spacial score (nSPS) is 12.6. The van der Waals surface area contributed by atoms with Gasteiger partial charge in [0.05, 0.1) is 11.3 Å². The average molecular weight is 266 g/mol. The predicted octanol–water partition coefficient (Wildman–Crippen LogP) is 4.10. The first-order valence-electron chi connectivity index (χ1n) is 6.00. The van der Waals surface area contributed by atoms with E-state index in [9.17, 15) is 4.79 Å². The number of ketones is 1. The average Bonchev–Trinajstić information content (AvgIpc) is 2.73. The van der Waals surface area contributed by atoms with Gasteiger partial charge in [-0.25, -0.2) is 4.98 Å². The van der Waals surface area contributed by atoms with E-state index >= 15 is 0 Å². The van der Waals surface area contributed by atoms with Gasteiger partial charge in [0, 0.05) is 16.5 Å². The molecule has 0 amide bonds. The summed E-state index contributed by atoms with van der Waals surface area (Å²) < 4.78 is 0. The molecular formula is C16H8ClNO. The number of carbonyl (C=O) groups excluding carboxylic acids is 1. The maximum Gasteiger partial charge on any atom is 0.196 e. The van der Waals surface area contributed by atoms with Gasteiger partial charge in [0.1, 0.15) is 5.15 Å². The molecule has 0 aliphatic heterocycles. The van der Waals surface area contributed by atoms with Crippen molar-refractivity contribution in [2.75, 3.05) is 0 Å². The van der Waals surface area contributed by atoms with Gasteiger partial charge in [-0.3, -0.25) is 4.79 Å². The second-order valence-corrected chi connectivity index (χ2v) is 4.90. The summed E-state index contributed by atoms with van der Waals surface area (Å²) in [5, 5.41) is 2.14. The van der Waals surface area contributed by atoms with E-state index in [4.69, 9.17) is 11.6 Å². The Morgan fingerprint density at radius 1 is 0.842 bits per heavy atom. The van der Waals surface area contributed by atoms with Crippen LogP contribution in [0.2, 0.25) is 5.15 Å². The fraction of sp³-hybridized carbons (Fsp3) is 0. The van der Waals surface area contributed by atoms with Crippen molar-refractivity contribution in [3.8, 4) is 11.3 Å². The zero-order valence-corrected chi connectivity index (χ0v) is 10.6. The lowest BCUT2D eigenvalue weighted by molar-refractivity contribution is 0.104. The summed E-state index contributed by atoms with van der Waals surface area (Å²) in [6.07, 6.45) is 0. The maximum atomic E-state index is 12.5. The molecule has 3 heteroatoms. The molecule has 0 saturated carbocycles. The largest absolute Gasteiger partial charge is 0.288 e. The molecule has 1 heterocycles. The summed E-state index contributed by atoms with van der Waals surface area (Å²) >= 11 is 6.23. The topological polar surface area (TPSA) is 30.0 Å². The number of halogens is 1. The number of aromatic nitrogens is 1. The lowest BCUT2D eigenvalue weighted by Crippen LogP contribution is -1.97. The molecule has 2 nitrogen and oxygen atoms in total. The van der Waals surface area contributed by atoms with Crippen LogP contribution < -0.4 is 0 Å². The molecule has 90 valence electrons. The first-order chi connectivity index (χ1) is 9.27. The highest BCUT2D eigenvalue weighted by atomic mass is 35.5. The lowest BCUT2D eigenvalue weighted by atomic mass is 10.0. The van der Waals surface area contributed by atoms with E-state index in [0.717, 1.165) is 16.3 Å². The van der Waals surface area contributed by atoms with Crippen LogP contribution in [0, 0.1) is 0 Å². The van der Waals surface area contributed by atoms with E-state index in [-0.39, 0.29) is 5.78 Å². The molecule has 2 aromatic carbocycles. The third kappa shape index (κ3) is 1.32. The molecule has 19 heavy (non-hydrogen) atoms. The van der Waals surface area contributed by atoms with Crippen molar-refractivity contribution in [3.63, 3.8) is 0 Å². The number of fused-ring (bicyclic) bond motifs is 5. The molecule has 0 atom stereocenters. The molecule has 4 rings (SSSR count). The Balaban J connectivity index is 2.22. The smallest absolute Gasteiger partial charge is 0.196 e. The van der Waals surface area contributed by atoms with Crippen LogP contribution in [-0.2, 0) is 0 Å². The molecule has 0 saturated heterocycles. The molecule has 1 aliphatic rings. The van der Waals surface area contributed by atoms with Crippen LogP contribution >= 0.6 is 11.6 Å². The van der Waals surface area contributed by atoms with Crippen LogP contribution in [0.4, 0.5) is 0 Å². The van der Waals surface area contributed by atoms with Crippen molar-refractivity contribution in [2.24, 2.45) is 0 Å². The molecule has 0 N–H and O–H groups in total. The fourth-order valence-corrected chi connectivity index (χ4v) is 2.92. The molecule has 0 spiro atoms. The summed E-state index contributed by atoms with van der Waals surface area (Å²) in [4.78, 5) is 16.9. The standard InChI is InChI=1S/C16H8ClNO/c17-16-12-8-4-1-5-9(12)13-14(18-16)10-6-2-3-7-11(10)15(13)19/h1-8H. The van der Waals surface area contributed by atoms with Gasteiger partial charge in [0.25, 0.3) is 0 Å². The maximum absolute atomic E-state index is 12.5. The lowest BCUT2D eigenvalue weighted by Gasteiger charge is -2.05. The van der Waals surface area contributed by atoms with E-state index in [1.165, 1.54) is 0 Å². The van der Waals surface area contributed by atoms with Crippen LogP contribution in [0.5, 0.6) is 0 Å². The third-order valence-corrected chi connectivity index (χ3v) is 3.81. The minimum absolute atomic E-state index is 0.0333. The zero-order valence-electron chi connectivity index (χ0n) is 9.85. The van der Waals surface area contributed by atoms with Crippen LogP contribution in [-0.4, -0.2) is 10.8 Å². The van der Waals surface area contributed by atoms with Crippen molar-refractivity contribution in [3.05, 3.63) is 64.8 Å². The highest BCUT2D eigenvalue weighted by molar-refractivity contribution is 6.37. The highest BCUT2D eigenvalue weighted by Gasteiger charge is 2.30. The van der Waals surface area contributed by atoms with Crippen LogP contribution in [0.1, 0.15) is 15.9 Å². The molecule has 0 unspecified atom stereocenters. The van der Waals surface area contributed by atoms with E-state index in [0.29, 0.717) is 22.0 Å². The Bertz CT molecular complexity index is 854. The number of pyridine rings is 1. The third-order valence-electron chi connectivity index (χ3n) is 3.52. The van der Waals surface area contributed by atoms with Gasteiger partial charge in [-0.15, -0.1) is 0 Å². The van der Waals surface area contributed by atoms with Gasteiger partial charge in [0.2, 0.25) is 0 Å². The summed E-state index contributed by atoms with van der Waals surface area (Å²) in [5.41, 5.74) is 2.94. The van der Waals surface area contributed by atoms with Crippen LogP contribution in [0.3, 0.4) is 0 Å². The van der Waals surface area contributed by atoms with Gasteiger partial charge in [-0.1, -0.05) is 60.1 Å². The van der Waals surface area contributed by atoms with E-state index in [1.807, 2.05) is 48.5 Å². The highest BCUT2D eigenvalue weighted by Crippen LogP contribution is 2.40. The van der Waals surface area contributed by atoms with Gasteiger partial charge in [-0.05, 0) is 5.39 Å². The minimum atomic E-state index is 0.0333. The monoisotopic (exact) mass is 265 g/mol. The van der Waals surface area contributed by atoms with E-state index in [2.05, 4.69) is 4.98 Å². The fourth-order valence-electron chi connectivity index (χ4n) is 2.67. The summed E-state index contributed by atoms with van der Waals surface area (Å²) in [5.74, 6) is 0.0333. The van der Waals surface area contributed by atoms with Gasteiger partial charge < -0.3 is 0 Å². The second kappa shape index (κ2) is 3.65. The predicted molar refractivity (Wildman–Crippen MR) is 75.6 cm³/mol. The number of nitrogens with zero attached hydrogens (tertiary/aromatic N) is 1. The summed E-state index contributed by atoms with van der Waals surface area (Å²) in [6, 6.07) is 15.1. The first-order valence-corrected chi connectivity index (χ1v) is 6.37. The van der Waals surface area contributed by atoms with Crippen molar-refractivity contribution >= 4 is 28.2 Å². The Morgan fingerprint density at radius 2 is 1.47 bits per heavy atom. The number of hydrogen-bond acceptors (Lipinski definition) is 2. The van der Waals surface area contributed by atoms with Crippen molar-refractivity contribution in [1.29, 1.82) is 0 Å². The Hall–Kier alpha value is -2.19. The molecule has 3 aromatic rings. The molecule has 1 aromatic heterocycles. The zero-order chi connectivity index (χ0) is 13.0. The van der Waals surface area contributed by atoms with Crippen LogP contribution in [0.25, 0.3) is 22.0 Å². The quantitative estimate of drug-likeness (QED) is 0.448. The van der Waals surface area contributed by atoms with E-state index < -0.39 is 0 Å². The minimum Gasteiger partial charge on any atom is -0.288 e. The number of carbonyl (C=O) groups is 1. The van der Waals surface area contributed by atoms with Crippen LogP contribution in [0.15, 0.2) is 48.5 Å². The first kappa shape index (κ1) is 10.7. The number of hydrogen-bond donors (Lipinski definition) is 0. The molecule has 0 bridgehead atoms. The number of rotatable bonds is 0. The Morgan fingerprint density at radius 3 is 2.26 bits per heavy atom. The Labute approximate surface area is 114 Å². The molecular weight excluding hydrogens is 258 g/mol. The van der Waals surface area contributed by atoms with Gasteiger partial charge in [-0.2, -0.15) is 0 Å².